The predicted octanol–water partition coefficient (Wildman–Crippen LogP) is -2.55. The molecule has 11 heavy (non-hydrogen) atoms. The van der Waals surface area contributed by atoms with Gasteiger partial charge in [0.25, 0.3) is 0 Å². The summed E-state index contributed by atoms with van der Waals surface area (Å²) >= 11 is 0. The molecule has 0 aromatic rings. The average Bonchev–Trinajstić information content (AvgIpc) is 1.85. The molecule has 0 rings (SSSR count). The maximum absolute atomic E-state index is 10.4. The largest absolute Gasteiger partial charge is 0.631 e. The predicted molar refractivity (Wildman–Crippen MR) is 27.2 cm³/mol. The number of hydrogen-bond donors (Lipinski definition) is 4. The molecule has 0 spiro atoms. The highest BCUT2D eigenvalue weighted by molar-refractivity contribution is 6.30. The van der Waals surface area contributed by atoms with Crippen LogP contribution < -0.4 is 0 Å². The van der Waals surface area contributed by atoms with Gasteiger partial charge in [-0.1, -0.05) is 0 Å². The van der Waals surface area contributed by atoms with E-state index in [0.29, 0.717) is 0 Å². The van der Waals surface area contributed by atoms with Crippen molar-refractivity contribution in [2.45, 2.75) is 0 Å². The van der Waals surface area contributed by atoms with E-state index in [-0.39, 0.29) is 0 Å². The number of carboxylic acids is 1. The highest BCUT2D eigenvalue weighted by atomic mass is 19.3. The van der Waals surface area contributed by atoms with E-state index in [0.717, 1.165) is 0 Å². The van der Waals surface area contributed by atoms with Gasteiger partial charge < -0.3 is 20.2 Å². The SMILES string of the molecule is O=C(O)C(=O)OF.OB(O)O. The summed E-state index contributed by atoms with van der Waals surface area (Å²) in [6.07, 6.45) is 0. The monoisotopic (exact) mass is 170 g/mol. The van der Waals surface area contributed by atoms with Crippen molar-refractivity contribution in [3.8, 4) is 0 Å². The molecule has 0 saturated heterocycles. The van der Waals surface area contributed by atoms with E-state index in [4.69, 9.17) is 20.2 Å². The molecule has 9 heteroatoms. The number of carboxylic acid groups (broad SMARTS) is 1. The fraction of sp³-hybridized carbons (Fsp3) is 0. The molecular formula is C2H4BFO7. The van der Waals surface area contributed by atoms with Crippen LogP contribution in [0.15, 0.2) is 0 Å². The van der Waals surface area contributed by atoms with E-state index in [1.165, 1.54) is 0 Å². The fourth-order valence-corrected chi connectivity index (χ4v) is 0.0330. The van der Waals surface area contributed by atoms with Crippen molar-refractivity contribution >= 4 is 19.3 Å². The first-order valence-electron chi connectivity index (χ1n) is 2.01. The minimum atomic E-state index is -2.17. The molecule has 0 aliphatic heterocycles. The normalized spacial score (nSPS) is 7.27. The Kier molecular flexibility index (Phi) is 7.87. The lowest BCUT2D eigenvalue weighted by Crippen LogP contribution is -2.11. The molecule has 64 valence electrons. The van der Waals surface area contributed by atoms with Gasteiger partial charge in [0.15, 0.2) is 0 Å². The van der Waals surface area contributed by atoms with E-state index < -0.39 is 19.3 Å². The van der Waals surface area contributed by atoms with Crippen molar-refractivity contribution in [2.24, 2.45) is 0 Å². The Morgan fingerprint density at radius 1 is 1.27 bits per heavy atom. The molecule has 7 nitrogen and oxygen atoms in total. The maximum atomic E-state index is 10.4. The Labute approximate surface area is 59.7 Å². The quantitative estimate of drug-likeness (QED) is 0.233. The second-order valence-electron chi connectivity index (χ2n) is 1.02. The van der Waals surface area contributed by atoms with Gasteiger partial charge in [0.05, 0.1) is 0 Å². The summed E-state index contributed by atoms with van der Waals surface area (Å²) < 4.78 is 10.4. The summed E-state index contributed by atoms with van der Waals surface area (Å²) in [6, 6.07) is 0. The first kappa shape index (κ1) is 12.5. The summed E-state index contributed by atoms with van der Waals surface area (Å²) in [5, 5.41) is 29.0. The molecule has 0 aliphatic rings. The minimum absolute atomic E-state index is 1.90. The van der Waals surface area contributed by atoms with Gasteiger partial charge in [0, 0.05) is 4.53 Å². The minimum Gasteiger partial charge on any atom is -0.473 e. The zero-order valence-electron chi connectivity index (χ0n) is 4.97. The fourth-order valence-electron chi connectivity index (χ4n) is 0.0330. The van der Waals surface area contributed by atoms with Crippen LogP contribution in [0, 0.1) is 0 Å². The number of halogens is 1. The average molecular weight is 170 g/mol. The van der Waals surface area contributed by atoms with E-state index in [1.54, 1.807) is 0 Å². The van der Waals surface area contributed by atoms with Crippen molar-refractivity contribution < 1.29 is 39.2 Å². The molecule has 0 aromatic heterocycles. The van der Waals surface area contributed by atoms with E-state index in [9.17, 15) is 14.1 Å². The lowest BCUT2D eigenvalue weighted by molar-refractivity contribution is -0.192. The van der Waals surface area contributed by atoms with Crippen LogP contribution in [0.5, 0.6) is 0 Å². The first-order valence-corrected chi connectivity index (χ1v) is 2.01. The van der Waals surface area contributed by atoms with Crippen LogP contribution in [0.4, 0.5) is 4.53 Å². The number of rotatable bonds is 0. The van der Waals surface area contributed by atoms with Crippen LogP contribution in [-0.2, 0) is 14.5 Å². The number of hydrogen-bond acceptors (Lipinski definition) is 6. The molecule has 0 aliphatic carbocycles. The van der Waals surface area contributed by atoms with Crippen LogP contribution in [0.25, 0.3) is 0 Å². The van der Waals surface area contributed by atoms with Gasteiger partial charge in [-0.15, -0.1) is 0 Å². The van der Waals surface area contributed by atoms with Crippen molar-refractivity contribution in [3.05, 3.63) is 0 Å². The third-order valence-electron chi connectivity index (χ3n) is 0.245. The Hall–Kier alpha value is -1.19. The zero-order chi connectivity index (χ0) is 9.44. The second-order valence-corrected chi connectivity index (χ2v) is 1.02. The van der Waals surface area contributed by atoms with Crippen molar-refractivity contribution in [3.63, 3.8) is 0 Å². The Morgan fingerprint density at radius 2 is 1.55 bits per heavy atom. The topological polar surface area (TPSA) is 124 Å². The van der Waals surface area contributed by atoms with Gasteiger partial charge >= 0.3 is 19.3 Å². The summed E-state index contributed by atoms with van der Waals surface area (Å²) in [5.41, 5.74) is 0. The van der Waals surface area contributed by atoms with Gasteiger partial charge in [-0.3, -0.25) is 0 Å². The summed E-state index contributed by atoms with van der Waals surface area (Å²) in [6.45, 7) is 0. The van der Waals surface area contributed by atoms with Crippen LogP contribution >= 0.6 is 0 Å². The highest BCUT2D eigenvalue weighted by Crippen LogP contribution is 1.74. The third-order valence-corrected chi connectivity index (χ3v) is 0.245. The maximum Gasteiger partial charge on any atom is 0.631 e. The van der Waals surface area contributed by atoms with Gasteiger partial charge in [0.2, 0.25) is 0 Å². The van der Waals surface area contributed by atoms with E-state index in [2.05, 4.69) is 4.94 Å². The highest BCUT2D eigenvalue weighted by Gasteiger charge is 2.12. The number of carbonyl (C=O) groups excluding carboxylic acids is 1. The third kappa shape index (κ3) is 17.7. The van der Waals surface area contributed by atoms with E-state index in [1.807, 2.05) is 0 Å². The molecule has 0 aromatic carbocycles. The van der Waals surface area contributed by atoms with Gasteiger partial charge in [-0.25, -0.2) is 14.5 Å². The molecule has 0 amide bonds. The number of carbonyl (C=O) groups is 2. The van der Waals surface area contributed by atoms with Crippen LogP contribution in [0.2, 0.25) is 0 Å². The van der Waals surface area contributed by atoms with Gasteiger partial charge in [-0.05, 0) is 0 Å². The van der Waals surface area contributed by atoms with Crippen molar-refractivity contribution in [1.29, 1.82) is 0 Å². The summed E-state index contributed by atoms with van der Waals surface area (Å²) in [4.78, 5) is 20.8. The molecular weight excluding hydrogens is 166 g/mol. The van der Waals surface area contributed by atoms with Crippen LogP contribution in [0.1, 0.15) is 0 Å². The number of aliphatic carboxylic acids is 1. The second kappa shape index (κ2) is 6.93. The molecule has 0 bridgehead atoms. The van der Waals surface area contributed by atoms with Gasteiger partial charge in [0.1, 0.15) is 0 Å². The Balaban J connectivity index is 0. The lowest BCUT2D eigenvalue weighted by Gasteiger charge is -1.78. The van der Waals surface area contributed by atoms with E-state index >= 15 is 0 Å². The van der Waals surface area contributed by atoms with Crippen LogP contribution in [-0.4, -0.2) is 39.4 Å². The van der Waals surface area contributed by atoms with Crippen molar-refractivity contribution in [2.75, 3.05) is 0 Å². The smallest absolute Gasteiger partial charge is 0.473 e. The molecule has 0 radical (unpaired) electrons. The molecule has 0 heterocycles. The zero-order valence-corrected chi connectivity index (χ0v) is 4.97. The molecule has 0 fully saturated rings. The Bertz CT molecular complexity index is 132. The lowest BCUT2D eigenvalue weighted by atomic mass is 10.3. The molecule has 0 unspecified atom stereocenters. The summed E-state index contributed by atoms with van der Waals surface area (Å²) in [5.74, 6) is -3.84. The molecule has 0 atom stereocenters. The van der Waals surface area contributed by atoms with Gasteiger partial charge in [-0.2, -0.15) is 0 Å². The van der Waals surface area contributed by atoms with Crippen LogP contribution in [0.3, 0.4) is 0 Å². The molecule has 0 saturated carbocycles. The van der Waals surface area contributed by atoms with Crippen molar-refractivity contribution in [1.82, 2.24) is 0 Å². The summed E-state index contributed by atoms with van der Waals surface area (Å²) in [7, 11) is -2.17. The standard InChI is InChI=1S/C2HFO4.BH3O3/c3-7-2(6)1(4)5;2-1(3)4/h(H,4,5);2-4H. The first-order chi connectivity index (χ1) is 4.91. The Morgan fingerprint density at radius 3 is 1.55 bits per heavy atom. The molecule has 4 N–H and O–H groups in total.